The standard InChI is InChI=1S/C29H25N2O2/c1-4-19(13-28-30(2)24-15-20-9-5-7-11-22(20)17-26(24)32-28)14-29-31(3)25-16-21-10-6-8-12-23(21)18-27(25)33-29/h5-18H,4H2,1-3H3/q+1. The second-order valence-corrected chi connectivity index (χ2v) is 8.55. The van der Waals surface area contributed by atoms with Gasteiger partial charge in [0, 0.05) is 19.2 Å². The third kappa shape index (κ3) is 3.26. The summed E-state index contributed by atoms with van der Waals surface area (Å²) in [5, 5.41) is 4.78. The predicted octanol–water partition coefficient (Wildman–Crippen LogP) is 6.73. The molecule has 33 heavy (non-hydrogen) atoms. The van der Waals surface area contributed by atoms with Crippen molar-refractivity contribution in [1.82, 2.24) is 0 Å². The molecule has 1 aliphatic rings. The number of nitrogens with zero attached hydrogens (tertiary/aromatic N) is 2. The molecular formula is C29H25N2O2+. The van der Waals surface area contributed by atoms with E-state index in [1.165, 1.54) is 21.5 Å². The van der Waals surface area contributed by atoms with Gasteiger partial charge < -0.3 is 14.1 Å². The number of oxazole rings is 1. The first-order chi connectivity index (χ1) is 16.1. The van der Waals surface area contributed by atoms with Crippen LogP contribution in [0.2, 0.25) is 0 Å². The first-order valence-electron chi connectivity index (χ1n) is 11.3. The highest BCUT2D eigenvalue weighted by atomic mass is 16.5. The minimum absolute atomic E-state index is 0.818. The summed E-state index contributed by atoms with van der Waals surface area (Å²) in [6, 6.07) is 25.3. The molecule has 1 aromatic heterocycles. The van der Waals surface area contributed by atoms with Gasteiger partial charge in [0.1, 0.15) is 7.05 Å². The van der Waals surface area contributed by atoms with Crippen molar-refractivity contribution in [2.24, 2.45) is 7.05 Å². The molecule has 0 bridgehead atoms. The normalized spacial score (nSPS) is 15.1. The maximum Gasteiger partial charge on any atom is 0.374 e. The molecular weight excluding hydrogens is 408 g/mol. The van der Waals surface area contributed by atoms with Crippen molar-refractivity contribution in [3.8, 4) is 5.75 Å². The molecule has 0 spiro atoms. The lowest BCUT2D eigenvalue weighted by molar-refractivity contribution is -0.652. The lowest BCUT2D eigenvalue weighted by Gasteiger charge is -2.11. The van der Waals surface area contributed by atoms with E-state index >= 15 is 0 Å². The number of hydrogen-bond acceptors (Lipinski definition) is 3. The van der Waals surface area contributed by atoms with Gasteiger partial charge in [-0.3, -0.25) is 0 Å². The zero-order chi connectivity index (χ0) is 22.5. The Morgan fingerprint density at radius 1 is 0.909 bits per heavy atom. The largest absolute Gasteiger partial charge is 0.439 e. The number of fused-ring (bicyclic) bond motifs is 4. The second-order valence-electron chi connectivity index (χ2n) is 8.55. The quantitative estimate of drug-likeness (QED) is 0.296. The predicted molar refractivity (Wildman–Crippen MR) is 134 cm³/mol. The third-order valence-electron chi connectivity index (χ3n) is 6.49. The highest BCUT2D eigenvalue weighted by molar-refractivity contribution is 5.93. The number of benzene rings is 4. The number of ether oxygens (including phenoxy) is 1. The Labute approximate surface area is 192 Å². The van der Waals surface area contributed by atoms with Gasteiger partial charge in [0.15, 0.2) is 5.75 Å². The van der Waals surface area contributed by atoms with E-state index in [0.717, 1.165) is 46.3 Å². The molecule has 6 rings (SSSR count). The summed E-state index contributed by atoms with van der Waals surface area (Å²) in [6.45, 7) is 2.15. The number of anilines is 1. The fourth-order valence-corrected chi connectivity index (χ4v) is 4.52. The van der Waals surface area contributed by atoms with E-state index in [1.54, 1.807) is 0 Å². The Balaban J connectivity index is 1.39. The zero-order valence-corrected chi connectivity index (χ0v) is 19.0. The van der Waals surface area contributed by atoms with E-state index in [-0.39, 0.29) is 0 Å². The first-order valence-corrected chi connectivity index (χ1v) is 11.3. The van der Waals surface area contributed by atoms with Crippen LogP contribution in [0.1, 0.15) is 19.2 Å². The molecule has 0 atom stereocenters. The number of aryl methyl sites for hydroxylation is 1. The Morgan fingerprint density at radius 3 is 2.24 bits per heavy atom. The smallest absolute Gasteiger partial charge is 0.374 e. The van der Waals surface area contributed by atoms with Gasteiger partial charge >= 0.3 is 5.89 Å². The van der Waals surface area contributed by atoms with Crippen molar-refractivity contribution < 1.29 is 13.7 Å². The molecule has 2 heterocycles. The lowest BCUT2D eigenvalue weighted by atomic mass is 10.1. The minimum Gasteiger partial charge on any atom is -0.439 e. The Morgan fingerprint density at radius 2 is 1.55 bits per heavy atom. The summed E-state index contributed by atoms with van der Waals surface area (Å²) in [5.74, 6) is 2.52. The van der Waals surface area contributed by atoms with Crippen LogP contribution in [0, 0.1) is 0 Å². The van der Waals surface area contributed by atoms with Gasteiger partial charge in [-0.2, -0.15) is 4.57 Å². The maximum absolute atomic E-state index is 6.25. The fraction of sp³-hybridized carbons (Fsp3) is 0.138. The molecule has 0 fully saturated rings. The molecule has 4 aromatic carbocycles. The van der Waals surface area contributed by atoms with Crippen molar-refractivity contribution >= 4 is 44.4 Å². The van der Waals surface area contributed by atoms with Crippen LogP contribution in [-0.4, -0.2) is 7.05 Å². The second kappa shape index (κ2) is 7.52. The van der Waals surface area contributed by atoms with Crippen LogP contribution in [0.4, 0.5) is 5.69 Å². The highest BCUT2D eigenvalue weighted by Gasteiger charge is 2.24. The minimum atomic E-state index is 0.818. The summed E-state index contributed by atoms with van der Waals surface area (Å²) in [5.41, 5.74) is 4.18. The Bertz CT molecular complexity index is 1610. The van der Waals surface area contributed by atoms with Crippen molar-refractivity contribution in [2.75, 3.05) is 11.9 Å². The summed E-state index contributed by atoms with van der Waals surface area (Å²) in [6.07, 6.45) is 5.07. The van der Waals surface area contributed by atoms with Gasteiger partial charge in [-0.15, -0.1) is 0 Å². The fourth-order valence-electron chi connectivity index (χ4n) is 4.52. The van der Waals surface area contributed by atoms with Crippen molar-refractivity contribution in [3.05, 3.63) is 96.2 Å². The molecule has 0 aliphatic carbocycles. The van der Waals surface area contributed by atoms with E-state index < -0.39 is 0 Å². The van der Waals surface area contributed by atoms with E-state index in [2.05, 4.69) is 101 Å². The van der Waals surface area contributed by atoms with Crippen molar-refractivity contribution in [2.45, 2.75) is 13.3 Å². The average Bonchev–Trinajstić information content (AvgIpc) is 3.31. The van der Waals surface area contributed by atoms with E-state index in [4.69, 9.17) is 9.15 Å². The van der Waals surface area contributed by atoms with Crippen LogP contribution in [0.15, 0.2) is 94.7 Å². The summed E-state index contributed by atoms with van der Waals surface area (Å²) in [4.78, 5) is 2.11. The van der Waals surface area contributed by atoms with Crippen LogP contribution in [0.3, 0.4) is 0 Å². The summed E-state index contributed by atoms with van der Waals surface area (Å²) >= 11 is 0. The monoisotopic (exact) mass is 433 g/mol. The average molecular weight is 434 g/mol. The van der Waals surface area contributed by atoms with Gasteiger partial charge in [-0.1, -0.05) is 55.5 Å². The number of hydrogen-bond donors (Lipinski definition) is 0. The van der Waals surface area contributed by atoms with Crippen LogP contribution in [-0.2, 0) is 7.05 Å². The molecule has 162 valence electrons. The van der Waals surface area contributed by atoms with Gasteiger partial charge in [-0.05, 0) is 51.7 Å². The van der Waals surface area contributed by atoms with Gasteiger partial charge in [0.25, 0.3) is 5.52 Å². The molecule has 0 N–H and O–H groups in total. The topological polar surface area (TPSA) is 29.5 Å². The van der Waals surface area contributed by atoms with Crippen LogP contribution < -0.4 is 14.2 Å². The van der Waals surface area contributed by atoms with Crippen LogP contribution in [0.5, 0.6) is 5.75 Å². The van der Waals surface area contributed by atoms with Gasteiger partial charge in [-0.25, -0.2) is 0 Å². The third-order valence-corrected chi connectivity index (χ3v) is 6.49. The Hall–Kier alpha value is -4.05. The first kappa shape index (κ1) is 19.6. The summed E-state index contributed by atoms with van der Waals surface area (Å²) in [7, 11) is 4.10. The number of rotatable bonds is 3. The van der Waals surface area contributed by atoms with E-state index in [9.17, 15) is 0 Å². The van der Waals surface area contributed by atoms with Crippen molar-refractivity contribution in [3.63, 3.8) is 0 Å². The van der Waals surface area contributed by atoms with E-state index in [1.807, 2.05) is 14.1 Å². The number of allylic oxidation sites excluding steroid dienone is 2. The van der Waals surface area contributed by atoms with Crippen molar-refractivity contribution in [1.29, 1.82) is 0 Å². The van der Waals surface area contributed by atoms with Crippen LogP contribution >= 0.6 is 0 Å². The molecule has 1 aliphatic heterocycles. The highest BCUT2D eigenvalue weighted by Crippen LogP contribution is 2.41. The number of aromatic nitrogens is 1. The molecule has 5 aromatic rings. The molecule has 4 heteroatoms. The van der Waals surface area contributed by atoms with Gasteiger partial charge in [0.2, 0.25) is 11.5 Å². The molecule has 0 saturated heterocycles. The van der Waals surface area contributed by atoms with E-state index in [0.29, 0.717) is 0 Å². The molecule has 0 radical (unpaired) electrons. The summed E-state index contributed by atoms with van der Waals surface area (Å²) < 4.78 is 14.6. The molecule has 4 nitrogen and oxygen atoms in total. The lowest BCUT2D eigenvalue weighted by Crippen LogP contribution is -2.29. The van der Waals surface area contributed by atoms with Gasteiger partial charge in [0.05, 0.1) is 11.8 Å². The molecule has 0 amide bonds. The Kier molecular flexibility index (Phi) is 4.47. The molecule has 0 unspecified atom stereocenters. The maximum atomic E-state index is 6.25. The van der Waals surface area contributed by atoms with Crippen LogP contribution in [0.25, 0.3) is 38.7 Å². The zero-order valence-electron chi connectivity index (χ0n) is 19.0. The SMILES string of the molecule is CCC(=Cc1oc2cc3ccccc3cc2[n+]1C)C=C1Oc2cc3ccccc3cc2N1C. The molecule has 0 saturated carbocycles.